The van der Waals surface area contributed by atoms with Crippen LogP contribution < -0.4 is 15.0 Å². The zero-order chi connectivity index (χ0) is 25.0. The Labute approximate surface area is 206 Å². The predicted molar refractivity (Wildman–Crippen MR) is 138 cm³/mol. The van der Waals surface area contributed by atoms with E-state index >= 15 is 0 Å². The van der Waals surface area contributed by atoms with E-state index in [1.54, 1.807) is 10.8 Å². The lowest BCUT2D eigenvalue weighted by Gasteiger charge is -2.28. The molecule has 1 amide bonds. The van der Waals surface area contributed by atoms with Crippen LogP contribution in [0.4, 0.5) is 16.3 Å². The number of hydrogen-bond donors (Lipinski definition) is 2. The molecule has 1 aromatic carbocycles. The molecule has 8 nitrogen and oxygen atoms in total. The van der Waals surface area contributed by atoms with Crippen LogP contribution in [0.5, 0.6) is 5.88 Å². The summed E-state index contributed by atoms with van der Waals surface area (Å²) < 4.78 is 12.7. The number of nitrogens with zero attached hydrogens (tertiary/aromatic N) is 3. The van der Waals surface area contributed by atoms with E-state index in [0.29, 0.717) is 24.8 Å². The van der Waals surface area contributed by atoms with Crippen LogP contribution in [0.2, 0.25) is 0 Å². The molecular formula is C27H34N4O4. The van der Waals surface area contributed by atoms with Crippen LogP contribution in [0.25, 0.3) is 11.1 Å². The average molecular weight is 479 g/mol. The Bertz CT molecular complexity index is 1180. The highest BCUT2D eigenvalue weighted by atomic mass is 16.5. The minimum atomic E-state index is -0.217. The number of nitrogens with one attached hydrogen (secondary N) is 1. The lowest BCUT2D eigenvalue weighted by atomic mass is 9.89. The number of hydrogen-bond acceptors (Lipinski definition) is 6. The SMILES string of the molecule is Cc1ccc(NC(=O)n2ccc(C(C)(C)C)c2)cc1-c1cc(OCCO)nc(N2CCOCC2)c1. The van der Waals surface area contributed by atoms with Crippen molar-refractivity contribution in [3.63, 3.8) is 0 Å². The largest absolute Gasteiger partial charge is 0.475 e. The molecule has 1 saturated heterocycles. The van der Waals surface area contributed by atoms with Crippen LogP contribution in [0.3, 0.4) is 0 Å². The molecule has 0 spiro atoms. The Kier molecular flexibility index (Phi) is 7.42. The summed E-state index contributed by atoms with van der Waals surface area (Å²) >= 11 is 0. The van der Waals surface area contributed by atoms with Gasteiger partial charge in [0, 0.05) is 37.2 Å². The molecule has 1 aliphatic rings. The molecule has 2 aromatic heterocycles. The molecule has 8 heteroatoms. The summed E-state index contributed by atoms with van der Waals surface area (Å²) in [4.78, 5) is 19.7. The highest BCUT2D eigenvalue weighted by Crippen LogP contribution is 2.32. The summed E-state index contributed by atoms with van der Waals surface area (Å²) in [5.41, 5.74) is 4.73. The van der Waals surface area contributed by atoms with Crippen molar-refractivity contribution in [2.24, 2.45) is 0 Å². The number of aliphatic hydroxyl groups is 1. The Morgan fingerprint density at radius 2 is 1.94 bits per heavy atom. The standard InChI is InChI=1S/C27H34N4O4/c1-19-5-6-22(28-26(33)31-8-7-21(18-31)27(2,3)4)17-23(19)20-15-24(30-9-12-34-13-10-30)29-25(16-20)35-14-11-32/h5-8,15-18,32H,9-14H2,1-4H3,(H,28,33). The van der Waals surface area contributed by atoms with Crippen molar-refractivity contribution in [2.45, 2.75) is 33.1 Å². The number of aryl methyl sites for hydroxylation is 1. The third-order valence-electron chi connectivity index (χ3n) is 6.06. The van der Waals surface area contributed by atoms with Crippen molar-refractivity contribution in [2.75, 3.05) is 49.7 Å². The van der Waals surface area contributed by atoms with Gasteiger partial charge in [-0.3, -0.25) is 4.57 Å². The minimum absolute atomic E-state index is 0.0299. The molecule has 0 bridgehead atoms. The van der Waals surface area contributed by atoms with Gasteiger partial charge in [-0.2, -0.15) is 4.98 Å². The first-order chi connectivity index (χ1) is 16.7. The minimum Gasteiger partial charge on any atom is -0.475 e. The molecular weight excluding hydrogens is 444 g/mol. The molecule has 0 unspecified atom stereocenters. The van der Waals surface area contributed by atoms with Gasteiger partial charge in [0.15, 0.2) is 0 Å². The van der Waals surface area contributed by atoms with E-state index in [-0.39, 0.29) is 24.7 Å². The Hall–Kier alpha value is -3.36. The van der Waals surface area contributed by atoms with Gasteiger partial charge in [0.2, 0.25) is 5.88 Å². The monoisotopic (exact) mass is 478 g/mol. The number of amides is 1. The summed E-state index contributed by atoms with van der Waals surface area (Å²) in [6, 6.07) is 11.5. The van der Waals surface area contributed by atoms with E-state index in [1.165, 1.54) is 0 Å². The first kappa shape index (κ1) is 24.8. The second-order valence-electron chi connectivity index (χ2n) is 9.74. The number of aromatic nitrogens is 2. The number of carbonyl (C=O) groups excluding carboxylic acids is 1. The fourth-order valence-corrected chi connectivity index (χ4v) is 3.99. The predicted octanol–water partition coefficient (Wildman–Crippen LogP) is 4.44. The topological polar surface area (TPSA) is 88.9 Å². The summed E-state index contributed by atoms with van der Waals surface area (Å²) in [5, 5.41) is 12.2. The average Bonchev–Trinajstić information content (AvgIpc) is 3.36. The van der Waals surface area contributed by atoms with Crippen LogP contribution in [-0.4, -0.2) is 60.2 Å². The van der Waals surface area contributed by atoms with Crippen LogP contribution in [0.15, 0.2) is 48.8 Å². The lowest BCUT2D eigenvalue weighted by Crippen LogP contribution is -2.36. The molecule has 35 heavy (non-hydrogen) atoms. The van der Waals surface area contributed by atoms with Gasteiger partial charge in [0.1, 0.15) is 12.4 Å². The van der Waals surface area contributed by atoms with Crippen LogP contribution in [0, 0.1) is 6.92 Å². The third kappa shape index (κ3) is 6.01. The van der Waals surface area contributed by atoms with Crippen molar-refractivity contribution >= 4 is 17.5 Å². The Morgan fingerprint density at radius 1 is 1.17 bits per heavy atom. The fraction of sp³-hybridized carbons (Fsp3) is 0.407. The van der Waals surface area contributed by atoms with Crippen molar-refractivity contribution in [3.05, 3.63) is 59.9 Å². The quantitative estimate of drug-likeness (QED) is 0.544. The van der Waals surface area contributed by atoms with Crippen LogP contribution in [-0.2, 0) is 10.2 Å². The van der Waals surface area contributed by atoms with Gasteiger partial charge in [0.05, 0.1) is 19.8 Å². The zero-order valence-electron chi connectivity index (χ0n) is 20.9. The van der Waals surface area contributed by atoms with E-state index in [0.717, 1.165) is 41.2 Å². The second kappa shape index (κ2) is 10.5. The number of pyridine rings is 1. The Morgan fingerprint density at radius 3 is 2.63 bits per heavy atom. The third-order valence-corrected chi connectivity index (χ3v) is 6.06. The maximum atomic E-state index is 12.9. The van der Waals surface area contributed by atoms with Crippen molar-refractivity contribution in [1.29, 1.82) is 0 Å². The highest BCUT2D eigenvalue weighted by molar-refractivity contribution is 5.92. The van der Waals surface area contributed by atoms with Crippen molar-refractivity contribution in [1.82, 2.24) is 9.55 Å². The van der Waals surface area contributed by atoms with Crippen LogP contribution >= 0.6 is 0 Å². The van der Waals surface area contributed by atoms with Gasteiger partial charge in [-0.25, -0.2) is 4.79 Å². The van der Waals surface area contributed by atoms with E-state index in [2.05, 4.69) is 36.0 Å². The summed E-state index contributed by atoms with van der Waals surface area (Å²) in [6.07, 6.45) is 3.65. The molecule has 0 radical (unpaired) electrons. The van der Waals surface area contributed by atoms with Crippen LogP contribution in [0.1, 0.15) is 31.9 Å². The second-order valence-corrected chi connectivity index (χ2v) is 9.74. The summed E-state index contributed by atoms with van der Waals surface area (Å²) in [5.74, 6) is 1.25. The van der Waals surface area contributed by atoms with Gasteiger partial charge in [-0.1, -0.05) is 26.8 Å². The normalized spacial score (nSPS) is 14.1. The van der Waals surface area contributed by atoms with Gasteiger partial charge in [-0.15, -0.1) is 0 Å². The zero-order valence-corrected chi connectivity index (χ0v) is 20.9. The number of ether oxygens (including phenoxy) is 2. The van der Waals surface area contributed by atoms with Crippen molar-refractivity contribution in [3.8, 4) is 17.0 Å². The number of benzene rings is 1. The number of rotatable bonds is 6. The number of morpholine rings is 1. The molecule has 1 fully saturated rings. The maximum absolute atomic E-state index is 12.9. The first-order valence-electron chi connectivity index (χ1n) is 11.9. The van der Waals surface area contributed by atoms with Gasteiger partial charge in [0.25, 0.3) is 0 Å². The van der Waals surface area contributed by atoms with Gasteiger partial charge < -0.3 is 24.8 Å². The smallest absolute Gasteiger partial charge is 0.329 e. The Balaban J connectivity index is 1.63. The van der Waals surface area contributed by atoms with Crippen molar-refractivity contribution < 1.29 is 19.4 Å². The summed E-state index contributed by atoms with van der Waals surface area (Å²) in [7, 11) is 0. The molecule has 0 atom stereocenters. The fourth-order valence-electron chi connectivity index (χ4n) is 3.99. The maximum Gasteiger partial charge on any atom is 0.329 e. The van der Waals surface area contributed by atoms with E-state index < -0.39 is 0 Å². The molecule has 4 rings (SSSR count). The highest BCUT2D eigenvalue weighted by Gasteiger charge is 2.18. The van der Waals surface area contributed by atoms with Gasteiger partial charge in [-0.05, 0) is 58.9 Å². The molecule has 3 aromatic rings. The molecule has 3 heterocycles. The number of aliphatic hydroxyl groups excluding tert-OH is 1. The molecule has 1 aliphatic heterocycles. The van der Waals surface area contributed by atoms with E-state index in [1.807, 2.05) is 49.5 Å². The van der Waals surface area contributed by atoms with E-state index in [4.69, 9.17) is 9.47 Å². The summed E-state index contributed by atoms with van der Waals surface area (Å²) in [6.45, 7) is 11.3. The molecule has 2 N–H and O–H groups in total. The van der Waals surface area contributed by atoms with E-state index in [9.17, 15) is 9.90 Å². The van der Waals surface area contributed by atoms with Gasteiger partial charge >= 0.3 is 6.03 Å². The first-order valence-corrected chi connectivity index (χ1v) is 11.9. The molecule has 186 valence electrons. The number of carbonyl (C=O) groups is 1. The number of anilines is 2. The molecule has 0 saturated carbocycles. The molecule has 0 aliphatic carbocycles. The lowest BCUT2D eigenvalue weighted by molar-refractivity contribution is 0.122.